The molecule has 0 spiro atoms. The number of aromatic nitrogens is 2. The number of benzene rings is 1. The van der Waals surface area contributed by atoms with Crippen LogP contribution in [0.4, 0.5) is 5.69 Å². The first-order valence-corrected chi connectivity index (χ1v) is 6.84. The standard InChI is InChI=1S/C15H16N4O2/c1-9-7-13(19-18-9)10-3-2-4-11(8-10)16-15(21)12-5-6-14(20)17-12/h2-4,7-8,12H,5-6H2,1H3,(H,16,21)(H,17,20)(H,18,19). The molecule has 2 heterocycles. The highest BCUT2D eigenvalue weighted by Crippen LogP contribution is 2.21. The maximum absolute atomic E-state index is 12.1. The number of rotatable bonds is 3. The second kappa shape index (κ2) is 5.40. The molecule has 1 atom stereocenters. The molecule has 108 valence electrons. The molecule has 2 aromatic rings. The number of H-pyrrole nitrogens is 1. The number of carbonyl (C=O) groups excluding carboxylic acids is 2. The minimum absolute atomic E-state index is 0.0732. The first-order valence-electron chi connectivity index (χ1n) is 6.84. The van der Waals surface area contributed by atoms with E-state index in [1.54, 1.807) is 0 Å². The molecule has 2 amide bonds. The Bertz CT molecular complexity index is 692. The van der Waals surface area contributed by atoms with Gasteiger partial charge < -0.3 is 10.6 Å². The van der Waals surface area contributed by atoms with Gasteiger partial charge in [0.05, 0.1) is 5.69 Å². The Labute approximate surface area is 121 Å². The highest BCUT2D eigenvalue weighted by atomic mass is 16.2. The molecule has 1 aromatic heterocycles. The van der Waals surface area contributed by atoms with Crippen LogP contribution in [0.1, 0.15) is 18.5 Å². The fraction of sp³-hybridized carbons (Fsp3) is 0.267. The normalized spacial score (nSPS) is 17.6. The Morgan fingerprint density at radius 2 is 2.24 bits per heavy atom. The number of aryl methyl sites for hydroxylation is 1. The smallest absolute Gasteiger partial charge is 0.246 e. The lowest BCUT2D eigenvalue weighted by Crippen LogP contribution is -2.37. The van der Waals surface area contributed by atoms with E-state index in [1.807, 2.05) is 37.3 Å². The van der Waals surface area contributed by atoms with Crippen molar-refractivity contribution in [3.63, 3.8) is 0 Å². The quantitative estimate of drug-likeness (QED) is 0.800. The molecule has 0 saturated carbocycles. The molecule has 1 unspecified atom stereocenters. The Morgan fingerprint density at radius 3 is 2.90 bits per heavy atom. The molecule has 21 heavy (non-hydrogen) atoms. The van der Waals surface area contributed by atoms with E-state index in [1.165, 1.54) is 0 Å². The Morgan fingerprint density at radius 1 is 1.38 bits per heavy atom. The summed E-state index contributed by atoms with van der Waals surface area (Å²) in [5.74, 6) is -0.257. The van der Waals surface area contributed by atoms with E-state index in [9.17, 15) is 9.59 Å². The van der Waals surface area contributed by atoms with Crippen LogP contribution in [-0.4, -0.2) is 28.1 Å². The maximum Gasteiger partial charge on any atom is 0.246 e. The summed E-state index contributed by atoms with van der Waals surface area (Å²) < 4.78 is 0. The Kier molecular flexibility index (Phi) is 3.43. The fourth-order valence-electron chi connectivity index (χ4n) is 2.36. The van der Waals surface area contributed by atoms with Crippen molar-refractivity contribution >= 4 is 17.5 Å². The van der Waals surface area contributed by atoms with Crippen molar-refractivity contribution in [2.45, 2.75) is 25.8 Å². The highest BCUT2D eigenvalue weighted by Gasteiger charge is 2.27. The van der Waals surface area contributed by atoms with Gasteiger partial charge in [0.15, 0.2) is 0 Å². The Hall–Kier alpha value is -2.63. The topological polar surface area (TPSA) is 86.9 Å². The lowest BCUT2D eigenvalue weighted by atomic mass is 10.1. The number of nitrogens with one attached hydrogen (secondary N) is 3. The van der Waals surface area contributed by atoms with Gasteiger partial charge in [-0.25, -0.2) is 0 Å². The average Bonchev–Trinajstić information content (AvgIpc) is 3.08. The van der Waals surface area contributed by atoms with Gasteiger partial charge in [-0.05, 0) is 31.5 Å². The molecule has 3 rings (SSSR count). The number of hydrogen-bond acceptors (Lipinski definition) is 3. The molecule has 1 aliphatic heterocycles. The molecule has 1 aromatic carbocycles. The van der Waals surface area contributed by atoms with Crippen molar-refractivity contribution < 1.29 is 9.59 Å². The molecule has 0 bridgehead atoms. The molecule has 1 saturated heterocycles. The SMILES string of the molecule is Cc1cc(-c2cccc(NC(=O)C3CCC(=O)N3)c2)n[nH]1. The van der Waals surface area contributed by atoms with Crippen molar-refractivity contribution in [1.82, 2.24) is 15.5 Å². The van der Waals surface area contributed by atoms with Crippen LogP contribution in [-0.2, 0) is 9.59 Å². The van der Waals surface area contributed by atoms with E-state index in [-0.39, 0.29) is 11.8 Å². The largest absolute Gasteiger partial charge is 0.344 e. The predicted molar refractivity (Wildman–Crippen MR) is 78.6 cm³/mol. The van der Waals surface area contributed by atoms with Gasteiger partial charge in [-0.15, -0.1) is 0 Å². The van der Waals surface area contributed by atoms with Crippen LogP contribution in [0, 0.1) is 6.92 Å². The number of hydrogen-bond donors (Lipinski definition) is 3. The monoisotopic (exact) mass is 284 g/mol. The summed E-state index contributed by atoms with van der Waals surface area (Å²) >= 11 is 0. The number of nitrogens with zero attached hydrogens (tertiary/aromatic N) is 1. The van der Waals surface area contributed by atoms with E-state index >= 15 is 0 Å². The molecule has 1 aliphatic rings. The van der Waals surface area contributed by atoms with Crippen LogP contribution in [0.5, 0.6) is 0 Å². The van der Waals surface area contributed by atoms with Crippen LogP contribution in [0.3, 0.4) is 0 Å². The van der Waals surface area contributed by atoms with E-state index in [2.05, 4.69) is 20.8 Å². The van der Waals surface area contributed by atoms with Crippen LogP contribution < -0.4 is 10.6 Å². The van der Waals surface area contributed by atoms with Gasteiger partial charge in [0.2, 0.25) is 11.8 Å². The third kappa shape index (κ3) is 2.94. The second-order valence-corrected chi connectivity index (χ2v) is 5.17. The summed E-state index contributed by atoms with van der Waals surface area (Å²) in [6.07, 6.45) is 0.952. The van der Waals surface area contributed by atoms with Crippen molar-refractivity contribution in [2.75, 3.05) is 5.32 Å². The van der Waals surface area contributed by atoms with Crippen molar-refractivity contribution in [1.29, 1.82) is 0 Å². The zero-order valence-electron chi connectivity index (χ0n) is 11.6. The first kappa shape index (κ1) is 13.4. The van der Waals surface area contributed by atoms with E-state index in [0.717, 1.165) is 17.0 Å². The third-order valence-corrected chi connectivity index (χ3v) is 3.44. The summed E-state index contributed by atoms with van der Waals surface area (Å²) in [6.45, 7) is 1.94. The lowest BCUT2D eigenvalue weighted by molar-refractivity contribution is -0.122. The number of carbonyl (C=O) groups is 2. The molecular formula is C15H16N4O2. The minimum atomic E-state index is -0.436. The molecule has 0 aliphatic carbocycles. The van der Waals surface area contributed by atoms with Gasteiger partial charge in [-0.3, -0.25) is 14.7 Å². The minimum Gasteiger partial charge on any atom is -0.344 e. The van der Waals surface area contributed by atoms with Crippen molar-refractivity contribution in [2.24, 2.45) is 0 Å². The van der Waals surface area contributed by atoms with Gasteiger partial charge >= 0.3 is 0 Å². The molecular weight excluding hydrogens is 268 g/mol. The summed E-state index contributed by atoms with van der Waals surface area (Å²) in [7, 11) is 0. The molecule has 6 heteroatoms. The zero-order chi connectivity index (χ0) is 14.8. The van der Waals surface area contributed by atoms with Crippen LogP contribution in [0.2, 0.25) is 0 Å². The zero-order valence-corrected chi connectivity index (χ0v) is 11.6. The van der Waals surface area contributed by atoms with Gasteiger partial charge in [-0.1, -0.05) is 12.1 Å². The van der Waals surface area contributed by atoms with E-state index < -0.39 is 6.04 Å². The highest BCUT2D eigenvalue weighted by molar-refractivity contribution is 5.99. The molecule has 0 radical (unpaired) electrons. The van der Waals surface area contributed by atoms with E-state index in [0.29, 0.717) is 18.5 Å². The lowest BCUT2D eigenvalue weighted by Gasteiger charge is -2.11. The van der Waals surface area contributed by atoms with Gasteiger partial charge in [-0.2, -0.15) is 5.10 Å². The van der Waals surface area contributed by atoms with Crippen LogP contribution >= 0.6 is 0 Å². The summed E-state index contributed by atoms with van der Waals surface area (Å²) in [5.41, 5.74) is 3.43. The molecule has 1 fully saturated rings. The number of anilines is 1. The first-order chi connectivity index (χ1) is 10.1. The van der Waals surface area contributed by atoms with Crippen LogP contribution in [0.25, 0.3) is 11.3 Å². The van der Waals surface area contributed by atoms with Gasteiger partial charge in [0, 0.05) is 23.4 Å². The third-order valence-electron chi connectivity index (χ3n) is 3.44. The second-order valence-electron chi connectivity index (χ2n) is 5.17. The molecule has 3 N–H and O–H groups in total. The fourth-order valence-corrected chi connectivity index (χ4v) is 2.36. The van der Waals surface area contributed by atoms with Gasteiger partial charge in [0.1, 0.15) is 6.04 Å². The van der Waals surface area contributed by atoms with Crippen molar-refractivity contribution in [3.05, 3.63) is 36.0 Å². The summed E-state index contributed by atoms with van der Waals surface area (Å²) in [4.78, 5) is 23.2. The summed E-state index contributed by atoms with van der Waals surface area (Å²) in [6, 6.07) is 8.99. The van der Waals surface area contributed by atoms with Crippen molar-refractivity contribution in [3.8, 4) is 11.3 Å². The number of amides is 2. The summed E-state index contributed by atoms with van der Waals surface area (Å²) in [5, 5.41) is 12.6. The maximum atomic E-state index is 12.1. The average molecular weight is 284 g/mol. The number of aromatic amines is 1. The Balaban J connectivity index is 1.74. The predicted octanol–water partition coefficient (Wildman–Crippen LogP) is 1.60. The van der Waals surface area contributed by atoms with Crippen LogP contribution in [0.15, 0.2) is 30.3 Å². The van der Waals surface area contributed by atoms with E-state index in [4.69, 9.17) is 0 Å². The van der Waals surface area contributed by atoms with Gasteiger partial charge in [0.25, 0.3) is 0 Å². The molecule has 6 nitrogen and oxygen atoms in total.